The van der Waals surface area contributed by atoms with E-state index in [1.165, 1.54) is 0 Å². The van der Waals surface area contributed by atoms with Gasteiger partial charge in [-0.3, -0.25) is 4.79 Å². The van der Waals surface area contributed by atoms with Crippen molar-refractivity contribution in [1.29, 1.82) is 5.26 Å². The van der Waals surface area contributed by atoms with Crippen molar-refractivity contribution in [2.24, 2.45) is 0 Å². The highest BCUT2D eigenvalue weighted by molar-refractivity contribution is 6.10. The van der Waals surface area contributed by atoms with Crippen molar-refractivity contribution >= 4 is 11.6 Å². The van der Waals surface area contributed by atoms with Gasteiger partial charge in [0.15, 0.2) is 5.75 Å². The van der Waals surface area contributed by atoms with Crippen LogP contribution in [0.2, 0.25) is 0 Å². The summed E-state index contributed by atoms with van der Waals surface area (Å²) in [6, 6.07) is 36.8. The fourth-order valence-electron chi connectivity index (χ4n) is 5.48. The van der Waals surface area contributed by atoms with Crippen LogP contribution in [-0.2, 0) is 10.2 Å². The van der Waals surface area contributed by atoms with Crippen LogP contribution in [0.3, 0.4) is 0 Å². The van der Waals surface area contributed by atoms with Gasteiger partial charge in [-0.15, -0.1) is 0 Å². The lowest BCUT2D eigenvalue weighted by Crippen LogP contribution is -2.55. The van der Waals surface area contributed by atoms with Crippen LogP contribution in [0.5, 0.6) is 11.5 Å². The highest BCUT2D eigenvalue weighted by atomic mass is 16.5. The molecule has 5 nitrogen and oxygen atoms in total. The molecule has 0 saturated heterocycles. The first-order valence-corrected chi connectivity index (χ1v) is 11.7. The second kappa shape index (κ2) is 8.44. The Hall–Kier alpha value is -4.82. The summed E-state index contributed by atoms with van der Waals surface area (Å²) in [6.07, 6.45) is 0. The summed E-state index contributed by atoms with van der Waals surface area (Å²) in [6.45, 7) is 0. The Balaban J connectivity index is 1.74. The maximum absolute atomic E-state index is 14.9. The minimum absolute atomic E-state index is 0.167. The smallest absolute Gasteiger partial charge is 0.250 e. The molecule has 2 aliphatic rings. The molecule has 174 valence electrons. The van der Waals surface area contributed by atoms with Crippen LogP contribution in [0, 0.1) is 11.3 Å². The predicted octanol–water partition coefficient (Wildman–Crippen LogP) is 5.94. The van der Waals surface area contributed by atoms with E-state index >= 15 is 0 Å². The van der Waals surface area contributed by atoms with Gasteiger partial charge in [-0.05, 0) is 41.0 Å². The number of amides is 1. The van der Waals surface area contributed by atoms with E-state index in [1.54, 1.807) is 12.0 Å². The van der Waals surface area contributed by atoms with Crippen LogP contribution in [-0.4, -0.2) is 13.0 Å². The van der Waals surface area contributed by atoms with Crippen LogP contribution in [0.1, 0.15) is 22.6 Å². The molecule has 0 saturated carbocycles. The van der Waals surface area contributed by atoms with E-state index in [-0.39, 0.29) is 11.8 Å². The Bertz CT molecular complexity index is 1480. The Morgan fingerprint density at radius 2 is 1.42 bits per heavy atom. The molecule has 0 radical (unpaired) electrons. The number of anilines is 1. The van der Waals surface area contributed by atoms with Gasteiger partial charge in [-0.1, -0.05) is 84.9 Å². The molecule has 2 aliphatic heterocycles. The van der Waals surface area contributed by atoms with E-state index in [0.717, 1.165) is 16.7 Å². The molecule has 0 aromatic heterocycles. The second-order valence-electron chi connectivity index (χ2n) is 8.79. The summed E-state index contributed by atoms with van der Waals surface area (Å²) in [5, 5.41) is 10.6. The molecular formula is C31H22N2O3. The van der Waals surface area contributed by atoms with Crippen molar-refractivity contribution in [3.8, 4) is 17.6 Å². The van der Waals surface area contributed by atoms with Gasteiger partial charge in [0.25, 0.3) is 0 Å². The molecule has 36 heavy (non-hydrogen) atoms. The Labute approximate surface area is 209 Å². The number of ether oxygens (including phenoxy) is 2. The van der Waals surface area contributed by atoms with Gasteiger partial charge in [-0.25, -0.2) is 4.90 Å². The molecule has 2 heterocycles. The van der Waals surface area contributed by atoms with Crippen molar-refractivity contribution < 1.29 is 14.3 Å². The molecule has 0 N–H and O–H groups in total. The first-order chi connectivity index (χ1) is 17.7. The van der Waals surface area contributed by atoms with Crippen LogP contribution in [0.25, 0.3) is 0 Å². The Kier molecular flexibility index (Phi) is 5.09. The lowest BCUT2D eigenvalue weighted by Gasteiger charge is -2.46. The number of carbonyl (C=O) groups is 1. The van der Waals surface area contributed by atoms with E-state index in [0.29, 0.717) is 22.8 Å². The summed E-state index contributed by atoms with van der Waals surface area (Å²) < 4.78 is 11.6. The molecule has 0 fully saturated rings. The molecule has 1 atom stereocenters. The zero-order valence-corrected chi connectivity index (χ0v) is 19.6. The molecule has 1 unspecified atom stereocenters. The number of benzene rings is 4. The predicted molar refractivity (Wildman–Crippen MR) is 137 cm³/mol. The third-order valence-corrected chi connectivity index (χ3v) is 7.04. The monoisotopic (exact) mass is 470 g/mol. The van der Waals surface area contributed by atoms with Crippen molar-refractivity contribution in [3.05, 3.63) is 137 Å². The average molecular weight is 471 g/mol. The maximum atomic E-state index is 14.9. The van der Waals surface area contributed by atoms with Gasteiger partial charge in [-0.2, -0.15) is 5.26 Å². The average Bonchev–Trinajstić information content (AvgIpc) is 3.34. The summed E-state index contributed by atoms with van der Waals surface area (Å²) in [5.41, 5.74) is 2.24. The fourth-order valence-corrected chi connectivity index (χ4v) is 5.48. The third kappa shape index (κ3) is 2.98. The molecule has 1 amide bonds. The number of hydrogen-bond donors (Lipinski definition) is 0. The van der Waals surface area contributed by atoms with Crippen LogP contribution >= 0.6 is 0 Å². The fraction of sp³-hybridized carbons (Fsp3) is 0.0968. The molecule has 5 heteroatoms. The standard InChI is InChI=1S/C31H22N2O3/c1-35-24-18-16-21(17-19-24)28-25(20-32)29-33(26-14-8-9-15-27(26)36-29)30(34)31(28,22-10-4-2-5-11-22)23-12-6-3-7-13-23/h2-19,28H,1H3. The lowest BCUT2D eigenvalue weighted by atomic mass is 9.59. The molecule has 4 aromatic rings. The van der Waals surface area contributed by atoms with Crippen LogP contribution < -0.4 is 14.4 Å². The summed E-state index contributed by atoms with van der Waals surface area (Å²) in [4.78, 5) is 16.5. The molecule has 0 spiro atoms. The first-order valence-electron chi connectivity index (χ1n) is 11.7. The maximum Gasteiger partial charge on any atom is 0.250 e. The van der Waals surface area contributed by atoms with Crippen molar-refractivity contribution in [2.75, 3.05) is 12.0 Å². The zero-order chi connectivity index (χ0) is 24.7. The molecule has 0 aliphatic carbocycles. The zero-order valence-electron chi connectivity index (χ0n) is 19.6. The quantitative estimate of drug-likeness (QED) is 0.370. The van der Waals surface area contributed by atoms with E-state index < -0.39 is 11.3 Å². The third-order valence-electron chi connectivity index (χ3n) is 7.04. The number of nitrogens with zero attached hydrogens (tertiary/aromatic N) is 2. The van der Waals surface area contributed by atoms with Crippen molar-refractivity contribution in [1.82, 2.24) is 0 Å². The molecule has 4 aromatic carbocycles. The number of hydrogen-bond acceptors (Lipinski definition) is 4. The lowest BCUT2D eigenvalue weighted by molar-refractivity contribution is -0.123. The van der Waals surface area contributed by atoms with E-state index in [9.17, 15) is 10.1 Å². The minimum atomic E-state index is -1.22. The van der Waals surface area contributed by atoms with Gasteiger partial charge in [0.1, 0.15) is 17.2 Å². The van der Waals surface area contributed by atoms with Crippen molar-refractivity contribution in [2.45, 2.75) is 11.3 Å². The van der Waals surface area contributed by atoms with E-state index in [2.05, 4.69) is 6.07 Å². The number of nitriles is 1. The van der Waals surface area contributed by atoms with E-state index in [4.69, 9.17) is 9.47 Å². The highest BCUT2D eigenvalue weighted by Gasteiger charge is 2.59. The van der Waals surface area contributed by atoms with E-state index in [1.807, 2.05) is 109 Å². The highest BCUT2D eigenvalue weighted by Crippen LogP contribution is 2.57. The van der Waals surface area contributed by atoms with Gasteiger partial charge < -0.3 is 9.47 Å². The van der Waals surface area contributed by atoms with Crippen LogP contribution in [0.15, 0.2) is 121 Å². The summed E-state index contributed by atoms with van der Waals surface area (Å²) >= 11 is 0. The largest absolute Gasteiger partial charge is 0.497 e. The molecule has 0 bridgehead atoms. The second-order valence-corrected chi connectivity index (χ2v) is 8.79. The van der Waals surface area contributed by atoms with Gasteiger partial charge in [0.2, 0.25) is 11.8 Å². The summed E-state index contributed by atoms with van der Waals surface area (Å²) in [7, 11) is 1.61. The summed E-state index contributed by atoms with van der Waals surface area (Å²) in [5.74, 6) is 0.722. The van der Waals surface area contributed by atoms with Gasteiger partial charge in [0.05, 0.1) is 18.4 Å². The van der Waals surface area contributed by atoms with Gasteiger partial charge in [0, 0.05) is 5.92 Å². The van der Waals surface area contributed by atoms with Gasteiger partial charge >= 0.3 is 0 Å². The number of carbonyl (C=O) groups excluding carboxylic acids is 1. The molecule has 6 rings (SSSR count). The minimum Gasteiger partial charge on any atom is -0.497 e. The van der Waals surface area contributed by atoms with Crippen LogP contribution in [0.4, 0.5) is 5.69 Å². The number of para-hydroxylation sites is 2. The SMILES string of the molecule is COc1ccc(C2C(C#N)=C3Oc4ccccc4N3C(=O)C2(c2ccccc2)c2ccccc2)cc1. The number of rotatable bonds is 4. The number of fused-ring (bicyclic) bond motifs is 3. The normalized spacial score (nSPS) is 17.6. The topological polar surface area (TPSA) is 62.6 Å². The first kappa shape index (κ1) is 21.7. The Morgan fingerprint density at radius 1 is 0.833 bits per heavy atom. The number of allylic oxidation sites excluding steroid dienone is 1. The molecular weight excluding hydrogens is 448 g/mol. The number of methoxy groups -OCH3 is 1. The Morgan fingerprint density at radius 3 is 2.00 bits per heavy atom. The van der Waals surface area contributed by atoms with Crippen molar-refractivity contribution in [3.63, 3.8) is 0 Å².